The van der Waals surface area contributed by atoms with Crippen molar-refractivity contribution in [1.29, 1.82) is 0 Å². The Labute approximate surface area is 191 Å². The van der Waals surface area contributed by atoms with Crippen molar-refractivity contribution in [3.63, 3.8) is 0 Å². The van der Waals surface area contributed by atoms with Gasteiger partial charge in [0.2, 0.25) is 0 Å². The van der Waals surface area contributed by atoms with E-state index in [0.717, 1.165) is 6.07 Å². The zero-order valence-corrected chi connectivity index (χ0v) is 18.6. The van der Waals surface area contributed by atoms with Crippen LogP contribution in [0, 0.1) is 0 Å². The van der Waals surface area contributed by atoms with E-state index in [0.29, 0.717) is 34.2 Å². The second-order valence-electron chi connectivity index (χ2n) is 8.28. The Morgan fingerprint density at radius 3 is 2.52 bits per heavy atom. The van der Waals surface area contributed by atoms with E-state index >= 15 is 0 Å². The van der Waals surface area contributed by atoms with Crippen molar-refractivity contribution in [2.75, 3.05) is 6.61 Å². The summed E-state index contributed by atoms with van der Waals surface area (Å²) < 4.78 is 49.6. The zero-order valence-electron chi connectivity index (χ0n) is 17.8. The van der Waals surface area contributed by atoms with Gasteiger partial charge in [0.15, 0.2) is 5.78 Å². The van der Waals surface area contributed by atoms with Gasteiger partial charge in [-0.25, -0.2) is 0 Å². The van der Waals surface area contributed by atoms with Crippen LogP contribution in [0.5, 0.6) is 11.5 Å². The Kier molecular flexibility index (Phi) is 5.52. The fourth-order valence-electron chi connectivity index (χ4n) is 3.65. The Hall–Kier alpha value is -3.27. The van der Waals surface area contributed by atoms with E-state index in [4.69, 9.17) is 4.74 Å². The number of rotatable bonds is 4. The number of halogens is 3. The molecule has 10 heteroatoms. The van der Waals surface area contributed by atoms with E-state index in [9.17, 15) is 27.6 Å². The molecule has 2 aromatic carbocycles. The van der Waals surface area contributed by atoms with Crippen molar-refractivity contribution < 1.29 is 37.0 Å². The summed E-state index contributed by atoms with van der Waals surface area (Å²) in [6, 6.07) is 7.03. The van der Waals surface area contributed by atoms with Gasteiger partial charge in [0.05, 0.1) is 11.5 Å². The quantitative estimate of drug-likeness (QED) is 0.466. The molecular weight excluding hydrogens is 459 g/mol. The number of hydrogen-bond donors (Lipinski definition) is 1. The minimum atomic E-state index is -4.95. The van der Waals surface area contributed by atoms with E-state index in [1.165, 1.54) is 31.2 Å². The minimum Gasteiger partial charge on any atom is -0.492 e. The first-order valence-corrected chi connectivity index (χ1v) is 10.6. The number of Topliss-reactive ketones (excluding diaryl/α,β-unsaturated/α-hetero) is 1. The van der Waals surface area contributed by atoms with E-state index in [2.05, 4.69) is 10.1 Å². The van der Waals surface area contributed by atoms with Crippen LogP contribution < -0.4 is 14.8 Å². The monoisotopic (exact) mass is 477 g/mol. The first-order valence-electron chi connectivity index (χ1n) is 9.81. The normalized spacial score (nSPS) is 18.2. The van der Waals surface area contributed by atoms with Gasteiger partial charge in [-0.1, -0.05) is 19.9 Å². The lowest BCUT2D eigenvalue weighted by molar-refractivity contribution is -0.274. The predicted molar refractivity (Wildman–Crippen MR) is 116 cm³/mol. The van der Waals surface area contributed by atoms with Gasteiger partial charge in [0, 0.05) is 27.7 Å². The second-order valence-corrected chi connectivity index (χ2v) is 9.30. The molecule has 0 unspecified atom stereocenters. The van der Waals surface area contributed by atoms with E-state index in [-0.39, 0.29) is 28.4 Å². The second kappa shape index (κ2) is 7.95. The Balaban J connectivity index is 1.94. The maximum absolute atomic E-state index is 13.2. The molecule has 0 radical (unpaired) electrons. The van der Waals surface area contributed by atoms with E-state index < -0.39 is 28.7 Å². The van der Waals surface area contributed by atoms with Crippen molar-refractivity contribution >= 4 is 34.8 Å². The van der Waals surface area contributed by atoms with Gasteiger partial charge in [-0.3, -0.25) is 19.7 Å². The number of alkyl halides is 3. The van der Waals surface area contributed by atoms with Crippen LogP contribution in [0.25, 0.3) is 17.2 Å². The molecule has 2 aromatic rings. The van der Waals surface area contributed by atoms with Gasteiger partial charge >= 0.3 is 6.36 Å². The number of ether oxygens (including phenoxy) is 2. The predicted octanol–water partition coefficient (Wildman–Crippen LogP) is 5.45. The molecule has 2 amide bonds. The lowest BCUT2D eigenvalue weighted by atomic mass is 9.83. The van der Waals surface area contributed by atoms with E-state index in [1.54, 1.807) is 6.07 Å². The Morgan fingerprint density at radius 2 is 1.91 bits per heavy atom. The van der Waals surface area contributed by atoms with Crippen LogP contribution in [0.4, 0.5) is 18.0 Å². The van der Waals surface area contributed by atoms with Crippen LogP contribution in [-0.2, 0) is 10.2 Å². The summed E-state index contributed by atoms with van der Waals surface area (Å²) >= 11 is 0.692. The van der Waals surface area contributed by atoms with Crippen molar-refractivity contribution in [3.8, 4) is 22.6 Å². The number of imide groups is 1. The zero-order chi connectivity index (χ0) is 24.1. The molecule has 6 nitrogen and oxygen atoms in total. The number of hydrogen-bond acceptors (Lipinski definition) is 6. The van der Waals surface area contributed by atoms with Crippen molar-refractivity contribution in [2.24, 2.45) is 0 Å². The van der Waals surface area contributed by atoms with Gasteiger partial charge in [0.25, 0.3) is 11.1 Å². The van der Waals surface area contributed by atoms with Gasteiger partial charge < -0.3 is 9.47 Å². The fourth-order valence-corrected chi connectivity index (χ4v) is 4.34. The maximum Gasteiger partial charge on any atom is 0.573 e. The van der Waals surface area contributed by atoms with Crippen LogP contribution in [-0.4, -0.2) is 29.9 Å². The molecule has 1 N–H and O–H groups in total. The average molecular weight is 477 g/mol. The number of nitrogens with one attached hydrogen (secondary N) is 1. The standard InChI is InChI=1S/C23H18F3NO5S/c1-11(28)13-8-15(19-16(9-13)22(2,3)10-31-19)14-6-12(4-5-17(14)32-23(24,25)26)7-18-20(29)27-21(30)33-18/h4-9H,10H2,1-3H3,(H,27,29,30)/b18-7-. The first kappa shape index (κ1) is 22.9. The molecule has 1 saturated heterocycles. The van der Waals surface area contributed by atoms with Crippen LogP contribution in [0.15, 0.2) is 35.2 Å². The summed E-state index contributed by atoms with van der Waals surface area (Å²) in [6.07, 6.45) is -3.56. The van der Waals surface area contributed by atoms with E-state index in [1.807, 2.05) is 13.8 Å². The summed E-state index contributed by atoms with van der Waals surface area (Å²) in [5.41, 5.74) is 1.23. The highest BCUT2D eigenvalue weighted by Crippen LogP contribution is 2.48. The Morgan fingerprint density at radius 1 is 1.18 bits per heavy atom. The number of amides is 2. The highest BCUT2D eigenvalue weighted by atomic mass is 32.2. The molecule has 4 rings (SSSR count). The lowest BCUT2D eigenvalue weighted by Gasteiger charge is -2.19. The Bertz CT molecular complexity index is 1230. The lowest BCUT2D eigenvalue weighted by Crippen LogP contribution is -2.18. The maximum atomic E-state index is 13.2. The van der Waals surface area contributed by atoms with Gasteiger partial charge in [0.1, 0.15) is 11.5 Å². The summed E-state index contributed by atoms with van der Waals surface area (Å²) in [5, 5.41) is 1.59. The molecule has 33 heavy (non-hydrogen) atoms. The van der Waals surface area contributed by atoms with Crippen molar-refractivity contribution in [3.05, 3.63) is 51.9 Å². The molecule has 2 aliphatic heterocycles. The number of ketones is 1. The number of carbonyl (C=O) groups is 3. The third kappa shape index (κ3) is 4.61. The number of thioether (sulfide) groups is 1. The fraction of sp³-hybridized carbons (Fsp3) is 0.261. The van der Waals surface area contributed by atoms with Crippen LogP contribution >= 0.6 is 11.8 Å². The molecule has 2 heterocycles. The molecule has 0 saturated carbocycles. The largest absolute Gasteiger partial charge is 0.573 e. The third-order valence-corrected chi connectivity index (χ3v) is 6.07. The van der Waals surface area contributed by atoms with Gasteiger partial charge in [-0.05, 0) is 54.6 Å². The van der Waals surface area contributed by atoms with Crippen LogP contribution in [0.3, 0.4) is 0 Å². The van der Waals surface area contributed by atoms with Gasteiger partial charge in [-0.15, -0.1) is 13.2 Å². The third-order valence-electron chi connectivity index (χ3n) is 5.26. The highest BCUT2D eigenvalue weighted by Gasteiger charge is 2.37. The van der Waals surface area contributed by atoms with Crippen molar-refractivity contribution in [2.45, 2.75) is 32.5 Å². The summed E-state index contributed by atoms with van der Waals surface area (Å²) in [4.78, 5) is 35.6. The summed E-state index contributed by atoms with van der Waals surface area (Å²) in [7, 11) is 0. The number of fused-ring (bicyclic) bond motifs is 1. The topological polar surface area (TPSA) is 81.7 Å². The SMILES string of the molecule is CC(=O)c1cc(-c2cc(/C=C3\SC(=O)NC3=O)ccc2OC(F)(F)F)c2c(c1)C(C)(C)CO2. The minimum absolute atomic E-state index is 0.0356. The molecule has 0 bridgehead atoms. The molecule has 0 spiro atoms. The molecule has 0 atom stereocenters. The summed E-state index contributed by atoms with van der Waals surface area (Å²) in [5.74, 6) is -0.965. The average Bonchev–Trinajstić information content (AvgIpc) is 3.18. The molecule has 2 aliphatic rings. The molecule has 0 aliphatic carbocycles. The summed E-state index contributed by atoms with van der Waals surface area (Å²) in [6.45, 7) is 5.48. The van der Waals surface area contributed by atoms with Crippen molar-refractivity contribution in [1.82, 2.24) is 5.32 Å². The molecular formula is C23H18F3NO5S. The molecule has 0 aromatic heterocycles. The first-order chi connectivity index (χ1) is 15.3. The molecule has 1 fully saturated rings. The molecule has 172 valence electrons. The smallest absolute Gasteiger partial charge is 0.492 e. The highest BCUT2D eigenvalue weighted by molar-refractivity contribution is 8.18. The van der Waals surface area contributed by atoms with Gasteiger partial charge in [-0.2, -0.15) is 0 Å². The number of carbonyl (C=O) groups excluding carboxylic acids is 3. The van der Waals surface area contributed by atoms with Crippen LogP contribution in [0.1, 0.15) is 42.3 Å². The number of benzene rings is 2. The van der Waals surface area contributed by atoms with Crippen LogP contribution in [0.2, 0.25) is 0 Å².